The van der Waals surface area contributed by atoms with Crippen LogP contribution in [0.5, 0.6) is 0 Å². The number of hydrogen-bond donors (Lipinski definition) is 2. The molecule has 0 bridgehead atoms. The Balaban J connectivity index is 1.82. The number of aliphatic hydroxyl groups is 1. The van der Waals surface area contributed by atoms with Crippen LogP contribution in [0, 0.1) is 5.92 Å². The standard InChI is InChI=1S/C19H23Cl2NO3/c20-15-2-1-3-16(21)17(15)18(22)14(19(24)11-4-5-11)10-25-13-8-6-12(23)7-9-13/h1-3,11-13,23H,4-10,22H2. The SMILES string of the molecule is NC(=C(COC1CCC(O)CC1)C(=O)C1CC1)c1c(Cl)cccc1Cl. The van der Waals surface area contributed by atoms with Gasteiger partial charge in [0.15, 0.2) is 5.78 Å². The summed E-state index contributed by atoms with van der Waals surface area (Å²) in [6.45, 7) is 0.156. The molecule has 3 N–H and O–H groups in total. The molecule has 0 heterocycles. The average Bonchev–Trinajstić information content (AvgIpc) is 3.41. The summed E-state index contributed by atoms with van der Waals surface area (Å²) in [5.41, 5.74) is 7.58. The van der Waals surface area contributed by atoms with Gasteiger partial charge in [0, 0.05) is 17.1 Å². The van der Waals surface area contributed by atoms with Crippen LogP contribution in [0.2, 0.25) is 10.0 Å². The summed E-state index contributed by atoms with van der Waals surface area (Å²) in [4.78, 5) is 12.7. The smallest absolute Gasteiger partial charge is 0.166 e. The Bertz CT molecular complexity index is 657. The van der Waals surface area contributed by atoms with Gasteiger partial charge in [-0.3, -0.25) is 4.79 Å². The van der Waals surface area contributed by atoms with Crippen LogP contribution in [0.25, 0.3) is 5.70 Å². The van der Waals surface area contributed by atoms with Crippen molar-refractivity contribution in [3.63, 3.8) is 0 Å². The first-order chi connectivity index (χ1) is 12.0. The van der Waals surface area contributed by atoms with Crippen molar-refractivity contribution >= 4 is 34.7 Å². The molecule has 6 heteroatoms. The van der Waals surface area contributed by atoms with E-state index in [1.165, 1.54) is 0 Å². The van der Waals surface area contributed by atoms with Gasteiger partial charge >= 0.3 is 0 Å². The third kappa shape index (κ3) is 4.56. The highest BCUT2D eigenvalue weighted by Gasteiger charge is 2.34. The van der Waals surface area contributed by atoms with Crippen molar-refractivity contribution in [2.75, 3.05) is 6.61 Å². The van der Waals surface area contributed by atoms with Gasteiger partial charge in [-0.15, -0.1) is 0 Å². The number of Topliss-reactive ketones (excluding diaryl/α,β-unsaturated/α-hetero) is 1. The largest absolute Gasteiger partial charge is 0.398 e. The van der Waals surface area contributed by atoms with Crippen LogP contribution >= 0.6 is 23.2 Å². The van der Waals surface area contributed by atoms with Gasteiger partial charge in [0.1, 0.15) is 0 Å². The number of carbonyl (C=O) groups is 1. The van der Waals surface area contributed by atoms with E-state index in [-0.39, 0.29) is 30.5 Å². The van der Waals surface area contributed by atoms with Crippen LogP contribution in [-0.4, -0.2) is 29.7 Å². The first-order valence-corrected chi connectivity index (χ1v) is 9.50. The zero-order valence-electron chi connectivity index (χ0n) is 14.0. The zero-order valence-corrected chi connectivity index (χ0v) is 15.5. The molecule has 0 unspecified atom stereocenters. The van der Waals surface area contributed by atoms with Crippen LogP contribution in [0.4, 0.5) is 0 Å². The molecule has 0 aliphatic heterocycles. The van der Waals surface area contributed by atoms with Crippen LogP contribution in [0.3, 0.4) is 0 Å². The van der Waals surface area contributed by atoms with E-state index in [0.29, 0.717) is 26.9 Å². The second-order valence-corrected chi connectivity index (χ2v) is 7.68. The lowest BCUT2D eigenvalue weighted by Gasteiger charge is -2.26. The van der Waals surface area contributed by atoms with Gasteiger partial charge in [-0.25, -0.2) is 0 Å². The van der Waals surface area contributed by atoms with Gasteiger partial charge in [-0.1, -0.05) is 29.3 Å². The molecule has 0 radical (unpaired) electrons. The number of halogens is 2. The van der Waals surface area contributed by atoms with E-state index >= 15 is 0 Å². The van der Waals surface area contributed by atoms with Crippen molar-refractivity contribution in [3.8, 4) is 0 Å². The third-order valence-corrected chi connectivity index (χ3v) is 5.54. The molecule has 2 saturated carbocycles. The van der Waals surface area contributed by atoms with Crippen LogP contribution in [0.1, 0.15) is 44.1 Å². The van der Waals surface area contributed by atoms with E-state index in [4.69, 9.17) is 33.7 Å². The van der Waals surface area contributed by atoms with Crippen molar-refractivity contribution in [1.29, 1.82) is 0 Å². The summed E-state index contributed by atoms with van der Waals surface area (Å²) in [5.74, 6) is 0.0657. The van der Waals surface area contributed by atoms with Gasteiger partial charge in [-0.05, 0) is 50.7 Å². The highest BCUT2D eigenvalue weighted by molar-refractivity contribution is 6.37. The Kier molecular flexibility index (Phi) is 6.05. The number of hydrogen-bond acceptors (Lipinski definition) is 4. The van der Waals surface area contributed by atoms with Gasteiger partial charge < -0.3 is 15.6 Å². The molecular formula is C19H23Cl2NO3. The maximum absolute atomic E-state index is 12.7. The Labute approximate surface area is 157 Å². The molecule has 2 aliphatic carbocycles. The summed E-state index contributed by atoms with van der Waals surface area (Å²) < 4.78 is 5.96. The van der Waals surface area contributed by atoms with Gasteiger partial charge in [0.25, 0.3) is 0 Å². The van der Waals surface area contributed by atoms with E-state index < -0.39 is 0 Å². The Morgan fingerprint density at radius 1 is 1.12 bits per heavy atom. The predicted molar refractivity (Wildman–Crippen MR) is 99.5 cm³/mol. The lowest BCUT2D eigenvalue weighted by molar-refractivity contribution is -0.117. The first kappa shape index (κ1) is 18.7. The Hall–Kier alpha value is -1.07. The average molecular weight is 384 g/mol. The van der Waals surface area contributed by atoms with Crippen LogP contribution in [0.15, 0.2) is 23.8 Å². The minimum atomic E-state index is -0.241. The molecule has 1 aromatic rings. The van der Waals surface area contributed by atoms with Crippen molar-refractivity contribution in [2.45, 2.75) is 50.7 Å². The maximum atomic E-state index is 12.7. The van der Waals surface area contributed by atoms with Crippen LogP contribution in [-0.2, 0) is 9.53 Å². The number of aliphatic hydroxyl groups excluding tert-OH is 1. The van der Waals surface area contributed by atoms with Crippen molar-refractivity contribution < 1.29 is 14.6 Å². The highest BCUT2D eigenvalue weighted by Crippen LogP contribution is 2.36. The molecule has 0 atom stereocenters. The fourth-order valence-corrected chi connectivity index (χ4v) is 3.79. The molecule has 25 heavy (non-hydrogen) atoms. The molecule has 4 nitrogen and oxygen atoms in total. The lowest BCUT2D eigenvalue weighted by Crippen LogP contribution is -2.27. The molecule has 2 fully saturated rings. The number of ether oxygens (including phenoxy) is 1. The predicted octanol–water partition coefficient (Wildman–Crippen LogP) is 3.96. The topological polar surface area (TPSA) is 72.6 Å². The highest BCUT2D eigenvalue weighted by atomic mass is 35.5. The lowest BCUT2D eigenvalue weighted by atomic mass is 9.95. The normalized spacial score (nSPS) is 24.8. The van der Waals surface area contributed by atoms with E-state index in [2.05, 4.69) is 0 Å². The first-order valence-electron chi connectivity index (χ1n) is 8.74. The monoisotopic (exact) mass is 383 g/mol. The summed E-state index contributed by atoms with van der Waals surface area (Å²) in [6.07, 6.45) is 4.62. The van der Waals surface area contributed by atoms with Crippen LogP contribution < -0.4 is 5.73 Å². The van der Waals surface area contributed by atoms with Gasteiger partial charge in [0.05, 0.1) is 34.6 Å². The van der Waals surface area contributed by atoms with E-state index in [9.17, 15) is 9.90 Å². The minimum Gasteiger partial charge on any atom is -0.398 e. The molecule has 3 rings (SSSR count). The second-order valence-electron chi connectivity index (χ2n) is 6.87. The summed E-state index contributed by atoms with van der Waals surface area (Å²) in [7, 11) is 0. The molecule has 0 amide bonds. The summed E-state index contributed by atoms with van der Waals surface area (Å²) in [5, 5.41) is 10.4. The molecule has 2 aliphatic rings. The molecular weight excluding hydrogens is 361 g/mol. The quantitative estimate of drug-likeness (QED) is 0.729. The summed E-state index contributed by atoms with van der Waals surface area (Å²) in [6, 6.07) is 5.16. The zero-order chi connectivity index (χ0) is 18.0. The minimum absolute atomic E-state index is 0.0318. The maximum Gasteiger partial charge on any atom is 0.166 e. The number of ketones is 1. The fraction of sp³-hybridized carbons (Fsp3) is 0.526. The number of nitrogens with two attached hydrogens (primary N) is 1. The molecule has 0 spiro atoms. The number of carbonyl (C=O) groups excluding carboxylic acids is 1. The van der Waals surface area contributed by atoms with Crippen molar-refractivity contribution in [3.05, 3.63) is 39.4 Å². The third-order valence-electron chi connectivity index (χ3n) is 4.91. The van der Waals surface area contributed by atoms with Gasteiger partial charge in [-0.2, -0.15) is 0 Å². The van der Waals surface area contributed by atoms with Crippen molar-refractivity contribution in [1.82, 2.24) is 0 Å². The molecule has 0 aromatic heterocycles. The van der Waals surface area contributed by atoms with E-state index in [1.807, 2.05) is 0 Å². The Morgan fingerprint density at radius 3 is 2.28 bits per heavy atom. The molecule has 0 saturated heterocycles. The fourth-order valence-electron chi connectivity index (χ4n) is 3.19. The number of benzene rings is 1. The van der Waals surface area contributed by atoms with Crippen molar-refractivity contribution in [2.24, 2.45) is 11.7 Å². The second kappa shape index (κ2) is 8.09. The Morgan fingerprint density at radius 2 is 1.72 bits per heavy atom. The van der Waals surface area contributed by atoms with E-state index in [0.717, 1.165) is 38.5 Å². The molecule has 136 valence electrons. The number of rotatable bonds is 6. The van der Waals surface area contributed by atoms with Gasteiger partial charge in [0.2, 0.25) is 0 Å². The summed E-state index contributed by atoms with van der Waals surface area (Å²) >= 11 is 12.5. The van der Waals surface area contributed by atoms with E-state index in [1.54, 1.807) is 18.2 Å². The molecule has 1 aromatic carbocycles.